The number of anilines is 1. The van der Waals surface area contributed by atoms with Crippen LogP contribution in [0, 0.1) is 11.3 Å². The predicted molar refractivity (Wildman–Crippen MR) is 81.0 cm³/mol. The van der Waals surface area contributed by atoms with Crippen molar-refractivity contribution in [3.63, 3.8) is 0 Å². The molecule has 7 heteroatoms. The second kappa shape index (κ2) is 6.44. The summed E-state index contributed by atoms with van der Waals surface area (Å²) in [6.07, 6.45) is 1.50. The third-order valence-electron chi connectivity index (χ3n) is 2.78. The van der Waals surface area contributed by atoms with Gasteiger partial charge in [-0.15, -0.1) is 0 Å². The van der Waals surface area contributed by atoms with Gasteiger partial charge in [-0.3, -0.25) is 4.79 Å². The van der Waals surface area contributed by atoms with Crippen LogP contribution < -0.4 is 11.1 Å². The van der Waals surface area contributed by atoms with E-state index >= 15 is 0 Å². The van der Waals surface area contributed by atoms with E-state index in [4.69, 9.17) is 34.2 Å². The maximum atomic E-state index is 11.7. The highest BCUT2D eigenvalue weighted by molar-refractivity contribution is 6.36. The molecule has 1 amide bonds. The van der Waals surface area contributed by atoms with Crippen molar-refractivity contribution < 1.29 is 4.79 Å². The molecule has 0 saturated heterocycles. The maximum absolute atomic E-state index is 11.7. The third-order valence-corrected chi connectivity index (χ3v) is 3.44. The summed E-state index contributed by atoms with van der Waals surface area (Å²) < 4.78 is 0. The molecule has 0 fully saturated rings. The SMILES string of the molecule is N#Cc1cccnc1NC(C(N)=O)c1c(Cl)cccc1Cl. The Hall–Kier alpha value is -2.29. The normalized spacial score (nSPS) is 11.5. The van der Waals surface area contributed by atoms with E-state index in [1.807, 2.05) is 6.07 Å². The molecule has 1 aromatic heterocycles. The number of rotatable bonds is 4. The van der Waals surface area contributed by atoms with Crippen LogP contribution in [0.3, 0.4) is 0 Å². The molecule has 0 aliphatic rings. The molecular formula is C14H10Cl2N4O. The summed E-state index contributed by atoms with van der Waals surface area (Å²) in [5.74, 6) is -0.445. The van der Waals surface area contributed by atoms with E-state index in [-0.39, 0.29) is 11.4 Å². The van der Waals surface area contributed by atoms with Crippen LogP contribution in [-0.2, 0) is 4.79 Å². The standard InChI is InChI=1S/C14H10Cl2N4O/c15-9-4-1-5-10(16)11(9)12(13(18)21)20-14-8(7-17)3-2-6-19-14/h1-6,12H,(H2,18,21)(H,19,20). The van der Waals surface area contributed by atoms with Gasteiger partial charge in [0.15, 0.2) is 0 Å². The average Bonchev–Trinajstić information content (AvgIpc) is 2.46. The van der Waals surface area contributed by atoms with Crippen molar-refractivity contribution in [1.29, 1.82) is 5.26 Å². The van der Waals surface area contributed by atoms with Crippen molar-refractivity contribution in [2.24, 2.45) is 5.73 Å². The number of primary amides is 1. The number of pyridine rings is 1. The van der Waals surface area contributed by atoms with E-state index in [1.165, 1.54) is 6.20 Å². The fourth-order valence-electron chi connectivity index (χ4n) is 1.82. The van der Waals surface area contributed by atoms with Crippen LogP contribution >= 0.6 is 23.2 Å². The molecule has 0 radical (unpaired) electrons. The molecule has 2 aromatic rings. The second-order valence-corrected chi connectivity index (χ2v) is 4.94. The molecule has 0 aliphatic carbocycles. The molecule has 1 unspecified atom stereocenters. The van der Waals surface area contributed by atoms with Crippen LogP contribution in [0.25, 0.3) is 0 Å². The zero-order valence-electron chi connectivity index (χ0n) is 10.7. The van der Waals surface area contributed by atoms with Crippen molar-refractivity contribution >= 4 is 34.9 Å². The van der Waals surface area contributed by atoms with Gasteiger partial charge in [0.05, 0.1) is 5.56 Å². The lowest BCUT2D eigenvalue weighted by molar-refractivity contribution is -0.118. The van der Waals surface area contributed by atoms with Crippen LogP contribution in [0.2, 0.25) is 10.0 Å². The second-order valence-electron chi connectivity index (χ2n) is 4.13. The van der Waals surface area contributed by atoms with Gasteiger partial charge in [-0.2, -0.15) is 5.26 Å². The zero-order valence-corrected chi connectivity index (χ0v) is 12.2. The number of nitrogens with one attached hydrogen (secondary N) is 1. The molecule has 0 bridgehead atoms. The van der Waals surface area contributed by atoms with Crippen LogP contribution in [0.15, 0.2) is 36.5 Å². The van der Waals surface area contributed by atoms with Crippen LogP contribution in [0.1, 0.15) is 17.2 Å². The molecule has 0 spiro atoms. The monoisotopic (exact) mass is 320 g/mol. The fourth-order valence-corrected chi connectivity index (χ4v) is 2.43. The summed E-state index contributed by atoms with van der Waals surface area (Å²) in [5, 5.41) is 12.5. The number of nitrogens with two attached hydrogens (primary N) is 1. The molecule has 3 N–H and O–H groups in total. The quantitative estimate of drug-likeness (QED) is 0.905. The molecule has 106 valence electrons. The summed E-state index contributed by atoms with van der Waals surface area (Å²) >= 11 is 12.2. The average molecular weight is 321 g/mol. The van der Waals surface area contributed by atoms with E-state index in [0.717, 1.165) is 0 Å². The Kier molecular flexibility index (Phi) is 4.63. The summed E-state index contributed by atoms with van der Waals surface area (Å²) in [6, 6.07) is 9.04. The van der Waals surface area contributed by atoms with Crippen LogP contribution in [-0.4, -0.2) is 10.9 Å². The number of benzene rings is 1. The molecule has 1 aromatic carbocycles. The number of nitrogens with zero attached hydrogens (tertiary/aromatic N) is 2. The Morgan fingerprint density at radius 2 is 1.95 bits per heavy atom. The third kappa shape index (κ3) is 3.24. The number of amides is 1. The first-order valence-corrected chi connectivity index (χ1v) is 6.65. The van der Waals surface area contributed by atoms with E-state index in [1.54, 1.807) is 30.3 Å². The predicted octanol–water partition coefficient (Wildman–Crippen LogP) is 2.90. The van der Waals surface area contributed by atoms with Crippen molar-refractivity contribution in [2.75, 3.05) is 5.32 Å². The minimum absolute atomic E-state index is 0.236. The van der Waals surface area contributed by atoms with Gasteiger partial charge in [0.25, 0.3) is 0 Å². The van der Waals surface area contributed by atoms with Crippen molar-refractivity contribution in [3.8, 4) is 6.07 Å². The van der Waals surface area contributed by atoms with Crippen molar-refractivity contribution in [1.82, 2.24) is 4.98 Å². The molecule has 0 saturated carbocycles. The fraction of sp³-hybridized carbons (Fsp3) is 0.0714. The topological polar surface area (TPSA) is 91.8 Å². The van der Waals surface area contributed by atoms with Crippen LogP contribution in [0.5, 0.6) is 0 Å². The molecule has 0 aliphatic heterocycles. The zero-order chi connectivity index (χ0) is 15.4. The molecule has 1 atom stereocenters. The molecular weight excluding hydrogens is 311 g/mol. The number of halogens is 2. The highest BCUT2D eigenvalue weighted by Gasteiger charge is 2.24. The van der Waals surface area contributed by atoms with Gasteiger partial charge >= 0.3 is 0 Å². The maximum Gasteiger partial charge on any atom is 0.244 e. The first-order chi connectivity index (χ1) is 10.0. The Bertz CT molecular complexity index is 707. The Balaban J connectivity index is 2.47. The first-order valence-electron chi connectivity index (χ1n) is 5.89. The van der Waals surface area contributed by atoms with E-state index in [0.29, 0.717) is 15.6 Å². The number of aromatic nitrogens is 1. The minimum Gasteiger partial charge on any atom is -0.368 e. The Morgan fingerprint density at radius 1 is 1.29 bits per heavy atom. The summed E-state index contributed by atoms with van der Waals surface area (Å²) in [7, 11) is 0. The number of hydrogen-bond acceptors (Lipinski definition) is 4. The number of hydrogen-bond donors (Lipinski definition) is 2. The van der Waals surface area contributed by atoms with Gasteiger partial charge in [-0.1, -0.05) is 29.3 Å². The lowest BCUT2D eigenvalue weighted by Crippen LogP contribution is -2.29. The highest BCUT2D eigenvalue weighted by Crippen LogP contribution is 2.32. The van der Waals surface area contributed by atoms with Crippen molar-refractivity contribution in [3.05, 3.63) is 57.7 Å². The van der Waals surface area contributed by atoms with E-state index in [2.05, 4.69) is 10.3 Å². The van der Waals surface area contributed by atoms with Gasteiger partial charge in [-0.25, -0.2) is 4.98 Å². The van der Waals surface area contributed by atoms with Gasteiger partial charge in [-0.05, 0) is 24.3 Å². The first kappa shape index (κ1) is 15.1. The molecule has 1 heterocycles. The lowest BCUT2D eigenvalue weighted by Gasteiger charge is -2.19. The summed E-state index contributed by atoms with van der Waals surface area (Å²) in [5.41, 5.74) is 6.05. The largest absolute Gasteiger partial charge is 0.368 e. The number of carbonyl (C=O) groups is 1. The van der Waals surface area contributed by atoms with Gasteiger partial charge in [0, 0.05) is 21.8 Å². The van der Waals surface area contributed by atoms with Gasteiger partial charge < -0.3 is 11.1 Å². The smallest absolute Gasteiger partial charge is 0.244 e. The Labute approximate surface area is 131 Å². The summed E-state index contributed by atoms with van der Waals surface area (Å²) in [4.78, 5) is 15.8. The van der Waals surface area contributed by atoms with Crippen LogP contribution in [0.4, 0.5) is 5.82 Å². The van der Waals surface area contributed by atoms with Gasteiger partial charge in [0.1, 0.15) is 17.9 Å². The Morgan fingerprint density at radius 3 is 2.52 bits per heavy atom. The molecule has 21 heavy (non-hydrogen) atoms. The van der Waals surface area contributed by atoms with E-state index < -0.39 is 11.9 Å². The number of nitriles is 1. The lowest BCUT2D eigenvalue weighted by atomic mass is 10.1. The van der Waals surface area contributed by atoms with Crippen molar-refractivity contribution in [2.45, 2.75) is 6.04 Å². The molecule has 5 nitrogen and oxygen atoms in total. The molecule has 2 rings (SSSR count). The minimum atomic E-state index is -0.992. The van der Waals surface area contributed by atoms with E-state index in [9.17, 15) is 4.79 Å². The number of carbonyl (C=O) groups excluding carboxylic acids is 1. The highest BCUT2D eigenvalue weighted by atomic mass is 35.5. The van der Waals surface area contributed by atoms with Gasteiger partial charge in [0.2, 0.25) is 5.91 Å². The summed E-state index contributed by atoms with van der Waals surface area (Å²) in [6.45, 7) is 0.